The molecular weight excluding hydrogens is 348 g/mol. The third-order valence-corrected chi connectivity index (χ3v) is 5.77. The monoisotopic (exact) mass is 361 g/mol. The van der Waals surface area contributed by atoms with Crippen LogP contribution in [-0.2, 0) is 4.79 Å². The van der Waals surface area contributed by atoms with Crippen molar-refractivity contribution in [3.63, 3.8) is 0 Å². The van der Waals surface area contributed by atoms with Gasteiger partial charge in [-0.25, -0.2) is 8.78 Å². The molecule has 0 saturated heterocycles. The Morgan fingerprint density at radius 1 is 1.23 bits per heavy atom. The summed E-state index contributed by atoms with van der Waals surface area (Å²) in [6.45, 7) is 2.08. The van der Waals surface area contributed by atoms with Crippen LogP contribution in [-0.4, -0.2) is 27.6 Å². The Kier molecular flexibility index (Phi) is 6.59. The fourth-order valence-corrected chi connectivity index (χ4v) is 4.17. The van der Waals surface area contributed by atoms with Gasteiger partial charge in [-0.1, -0.05) is 47.9 Å². The molecule has 118 valence electrons. The number of nitrogens with zero attached hydrogens (tertiary/aromatic N) is 2. The molecule has 1 aromatic carbocycles. The van der Waals surface area contributed by atoms with Gasteiger partial charge >= 0.3 is 0 Å². The number of benzene rings is 1. The topological polar surface area (TPSA) is 54.9 Å². The first-order valence-electron chi connectivity index (χ1n) is 6.43. The summed E-state index contributed by atoms with van der Waals surface area (Å²) in [5.74, 6) is -1.11. The third kappa shape index (κ3) is 4.92. The molecule has 22 heavy (non-hydrogen) atoms. The Balaban J connectivity index is 1.86. The number of hydrogen-bond donors (Lipinski definition) is 1. The Morgan fingerprint density at radius 3 is 2.50 bits per heavy atom. The minimum atomic E-state index is -0.799. The largest absolute Gasteiger partial charge is 0.320 e. The summed E-state index contributed by atoms with van der Waals surface area (Å²) >= 11 is 4.21. The number of thioether (sulfide) groups is 2. The minimum absolute atomic E-state index is 0.0147. The second kappa shape index (κ2) is 8.44. The van der Waals surface area contributed by atoms with Crippen molar-refractivity contribution in [3.05, 3.63) is 29.8 Å². The fourth-order valence-electron chi connectivity index (χ4n) is 1.42. The van der Waals surface area contributed by atoms with Gasteiger partial charge in [0, 0.05) is 5.75 Å². The van der Waals surface area contributed by atoms with E-state index in [9.17, 15) is 13.6 Å². The Morgan fingerprint density at radius 2 is 1.86 bits per heavy atom. The van der Waals surface area contributed by atoms with Gasteiger partial charge in [0.2, 0.25) is 5.91 Å². The predicted molar refractivity (Wildman–Crippen MR) is 86.6 cm³/mol. The van der Waals surface area contributed by atoms with Crippen molar-refractivity contribution >= 4 is 46.5 Å². The van der Waals surface area contributed by atoms with Crippen LogP contribution in [0.1, 0.15) is 13.3 Å². The number of aromatic nitrogens is 2. The van der Waals surface area contributed by atoms with E-state index >= 15 is 0 Å². The summed E-state index contributed by atoms with van der Waals surface area (Å²) in [6, 6.07) is 3.42. The zero-order valence-corrected chi connectivity index (χ0v) is 14.1. The van der Waals surface area contributed by atoms with Crippen LogP contribution in [0.15, 0.2) is 26.9 Å². The average Bonchev–Trinajstić information content (AvgIpc) is 2.95. The van der Waals surface area contributed by atoms with Crippen LogP contribution in [0.5, 0.6) is 0 Å². The lowest BCUT2D eigenvalue weighted by Crippen LogP contribution is -2.16. The molecule has 0 bridgehead atoms. The number of hydrogen-bond acceptors (Lipinski definition) is 6. The van der Waals surface area contributed by atoms with Crippen molar-refractivity contribution in [1.29, 1.82) is 0 Å². The van der Waals surface area contributed by atoms with Crippen LogP contribution >= 0.6 is 34.9 Å². The van der Waals surface area contributed by atoms with Gasteiger partial charge in [0.1, 0.15) is 17.3 Å². The summed E-state index contributed by atoms with van der Waals surface area (Å²) in [5.41, 5.74) is -0.426. The SMILES string of the molecule is CCCSc1nnc(SCC(=O)Nc2c(F)cccc2F)s1. The van der Waals surface area contributed by atoms with E-state index in [1.807, 2.05) is 0 Å². The molecule has 0 aliphatic heterocycles. The van der Waals surface area contributed by atoms with Crippen LogP contribution in [0, 0.1) is 11.6 Å². The molecule has 0 saturated carbocycles. The maximum atomic E-state index is 13.4. The predicted octanol–water partition coefficient (Wildman–Crippen LogP) is 4.05. The van der Waals surface area contributed by atoms with Gasteiger partial charge in [0.25, 0.3) is 0 Å². The highest BCUT2D eigenvalue weighted by Crippen LogP contribution is 2.29. The van der Waals surface area contributed by atoms with Crippen LogP contribution in [0.4, 0.5) is 14.5 Å². The van der Waals surface area contributed by atoms with E-state index < -0.39 is 23.2 Å². The Hall–Kier alpha value is -1.19. The van der Waals surface area contributed by atoms with Gasteiger partial charge in [-0.3, -0.25) is 4.79 Å². The standard InChI is InChI=1S/C13H13F2N3OS3/c1-2-6-20-12-17-18-13(22-12)21-7-10(19)16-11-8(14)4-3-5-9(11)15/h3-5H,2,6-7H2,1H3,(H,16,19). The van der Waals surface area contributed by atoms with E-state index in [1.165, 1.54) is 29.2 Å². The van der Waals surface area contributed by atoms with E-state index in [0.717, 1.165) is 28.6 Å². The fraction of sp³-hybridized carbons (Fsp3) is 0.308. The maximum absolute atomic E-state index is 13.4. The molecule has 1 N–H and O–H groups in total. The molecule has 1 aromatic heterocycles. The van der Waals surface area contributed by atoms with Crippen LogP contribution in [0.3, 0.4) is 0 Å². The van der Waals surface area contributed by atoms with Crippen molar-refractivity contribution < 1.29 is 13.6 Å². The number of anilines is 1. The Labute approximate surface area is 139 Å². The number of para-hydroxylation sites is 1. The van der Waals surface area contributed by atoms with Gasteiger partial charge in [0.05, 0.1) is 5.75 Å². The molecule has 0 unspecified atom stereocenters. The molecule has 0 atom stereocenters. The van der Waals surface area contributed by atoms with Gasteiger partial charge in [0.15, 0.2) is 8.68 Å². The molecule has 0 aliphatic rings. The summed E-state index contributed by atoms with van der Waals surface area (Å²) < 4.78 is 28.3. The summed E-state index contributed by atoms with van der Waals surface area (Å²) in [6.07, 6.45) is 1.04. The first-order valence-corrected chi connectivity index (χ1v) is 9.22. The first kappa shape index (κ1) is 17.2. The number of rotatable bonds is 7. The van der Waals surface area contributed by atoms with E-state index in [-0.39, 0.29) is 5.75 Å². The van der Waals surface area contributed by atoms with Crippen molar-refractivity contribution in [2.45, 2.75) is 22.0 Å². The first-order chi connectivity index (χ1) is 10.6. The molecular formula is C13H13F2N3OS3. The second-order valence-corrected chi connectivity index (χ2v) is 7.66. The zero-order valence-electron chi connectivity index (χ0n) is 11.6. The number of carbonyl (C=O) groups is 1. The van der Waals surface area contributed by atoms with Crippen LogP contribution in [0.25, 0.3) is 0 Å². The lowest BCUT2D eigenvalue weighted by atomic mass is 10.3. The molecule has 0 spiro atoms. The van der Waals surface area contributed by atoms with E-state index in [4.69, 9.17) is 0 Å². The highest BCUT2D eigenvalue weighted by molar-refractivity contribution is 8.03. The smallest absolute Gasteiger partial charge is 0.234 e. The number of carbonyl (C=O) groups excluding carboxylic acids is 1. The highest BCUT2D eigenvalue weighted by atomic mass is 32.2. The summed E-state index contributed by atoms with van der Waals surface area (Å²) in [4.78, 5) is 11.8. The lowest BCUT2D eigenvalue weighted by Gasteiger charge is -2.06. The van der Waals surface area contributed by atoms with Crippen molar-refractivity contribution in [2.24, 2.45) is 0 Å². The molecule has 0 radical (unpaired) electrons. The van der Waals surface area contributed by atoms with E-state index in [0.29, 0.717) is 4.34 Å². The van der Waals surface area contributed by atoms with Crippen molar-refractivity contribution in [2.75, 3.05) is 16.8 Å². The molecule has 1 heterocycles. The maximum Gasteiger partial charge on any atom is 0.234 e. The highest BCUT2D eigenvalue weighted by Gasteiger charge is 2.13. The summed E-state index contributed by atoms with van der Waals surface area (Å²) in [7, 11) is 0. The number of nitrogens with one attached hydrogen (secondary N) is 1. The molecule has 9 heteroatoms. The Bertz CT molecular complexity index is 631. The lowest BCUT2D eigenvalue weighted by molar-refractivity contribution is -0.113. The van der Waals surface area contributed by atoms with Crippen LogP contribution in [0.2, 0.25) is 0 Å². The molecule has 2 rings (SSSR count). The van der Waals surface area contributed by atoms with Crippen LogP contribution < -0.4 is 5.32 Å². The molecule has 4 nitrogen and oxygen atoms in total. The molecule has 1 amide bonds. The molecule has 0 fully saturated rings. The minimum Gasteiger partial charge on any atom is -0.320 e. The molecule has 0 aliphatic carbocycles. The quantitative estimate of drug-likeness (QED) is 0.754. The molecule has 2 aromatic rings. The van der Waals surface area contributed by atoms with E-state index in [2.05, 4.69) is 22.4 Å². The number of halogens is 2. The number of amides is 1. The van der Waals surface area contributed by atoms with Gasteiger partial charge < -0.3 is 5.32 Å². The van der Waals surface area contributed by atoms with Crippen molar-refractivity contribution in [3.8, 4) is 0 Å². The average molecular weight is 361 g/mol. The zero-order chi connectivity index (χ0) is 15.9. The van der Waals surface area contributed by atoms with E-state index in [1.54, 1.807) is 11.8 Å². The normalized spacial score (nSPS) is 10.7. The van der Waals surface area contributed by atoms with Gasteiger partial charge in [-0.15, -0.1) is 10.2 Å². The van der Waals surface area contributed by atoms with Crippen molar-refractivity contribution in [1.82, 2.24) is 10.2 Å². The van der Waals surface area contributed by atoms with Gasteiger partial charge in [-0.2, -0.15) is 0 Å². The third-order valence-electron chi connectivity index (χ3n) is 2.37. The second-order valence-electron chi connectivity index (χ2n) is 4.12. The van der Waals surface area contributed by atoms with Gasteiger partial charge in [-0.05, 0) is 18.6 Å². The summed E-state index contributed by atoms with van der Waals surface area (Å²) in [5, 5.41) is 10.2.